The smallest absolute Gasteiger partial charge is 0.314 e. The van der Waals surface area contributed by atoms with E-state index in [2.05, 4.69) is 38.2 Å². The predicted octanol–water partition coefficient (Wildman–Crippen LogP) is 2.98. The van der Waals surface area contributed by atoms with Crippen LogP contribution in [0, 0.1) is 0 Å². The third-order valence-electron chi connectivity index (χ3n) is 5.54. The van der Waals surface area contributed by atoms with Crippen LogP contribution < -0.4 is 21.8 Å². The van der Waals surface area contributed by atoms with E-state index in [-0.39, 0.29) is 5.91 Å². The number of aromatic nitrogens is 2. The minimum absolute atomic E-state index is 0.313. The number of benzene rings is 2. The molecule has 1 aromatic heterocycles. The van der Waals surface area contributed by atoms with Crippen LogP contribution in [0.25, 0.3) is 15.9 Å². The molecule has 4 rings (SSSR count). The molecule has 3 aromatic rings. The zero-order chi connectivity index (χ0) is 24.1. The topological polar surface area (TPSA) is 110 Å². The van der Waals surface area contributed by atoms with Crippen LogP contribution >= 0.6 is 11.8 Å². The standard InChI is InChI=1S/C25H27N5O3S/c1-3-22(34-16(2)15-30-12-10-26-11-13-30)17-4-7-19(8-5-17)27-23(31)18-6-9-20-21(14-18)29-25(33)24(32)28-20/h3-9,14,26H,2,10-13,15H2,1H3,(H,27,31)(H,28,32)(H,29,33)/b22-3-. The average molecular weight is 478 g/mol. The molecule has 2 heterocycles. The molecule has 0 atom stereocenters. The van der Waals surface area contributed by atoms with Gasteiger partial charge in [0.1, 0.15) is 0 Å². The molecule has 1 saturated heterocycles. The van der Waals surface area contributed by atoms with Gasteiger partial charge >= 0.3 is 11.1 Å². The Labute approximate surface area is 201 Å². The molecular formula is C25H27N5O3S. The molecule has 34 heavy (non-hydrogen) atoms. The van der Waals surface area contributed by atoms with E-state index in [0.717, 1.165) is 48.1 Å². The summed E-state index contributed by atoms with van der Waals surface area (Å²) in [5, 5.41) is 6.23. The first-order valence-electron chi connectivity index (χ1n) is 11.1. The third-order valence-corrected chi connectivity index (χ3v) is 6.65. The maximum atomic E-state index is 12.7. The van der Waals surface area contributed by atoms with E-state index in [0.29, 0.717) is 22.3 Å². The fraction of sp³-hybridized carbons (Fsp3) is 0.240. The third kappa shape index (κ3) is 5.74. The Morgan fingerprint density at radius 3 is 2.35 bits per heavy atom. The van der Waals surface area contributed by atoms with Crippen molar-refractivity contribution in [1.82, 2.24) is 20.2 Å². The lowest BCUT2D eigenvalue weighted by Crippen LogP contribution is -2.43. The van der Waals surface area contributed by atoms with Crippen molar-refractivity contribution >= 4 is 39.3 Å². The molecule has 1 aliphatic heterocycles. The lowest BCUT2D eigenvalue weighted by Gasteiger charge is -2.27. The molecule has 0 aliphatic carbocycles. The second kappa shape index (κ2) is 10.7. The summed E-state index contributed by atoms with van der Waals surface area (Å²) in [6.45, 7) is 11.2. The number of hydrogen-bond donors (Lipinski definition) is 4. The molecule has 9 heteroatoms. The molecule has 176 valence electrons. The van der Waals surface area contributed by atoms with Gasteiger partial charge in [0.25, 0.3) is 5.91 Å². The molecule has 1 fully saturated rings. The Hall–Kier alpha value is -3.40. The van der Waals surface area contributed by atoms with Crippen molar-refractivity contribution in [1.29, 1.82) is 0 Å². The molecule has 8 nitrogen and oxygen atoms in total. The van der Waals surface area contributed by atoms with Gasteiger partial charge in [0.15, 0.2) is 0 Å². The summed E-state index contributed by atoms with van der Waals surface area (Å²) in [6, 6.07) is 12.4. The van der Waals surface area contributed by atoms with Gasteiger partial charge in [0.2, 0.25) is 0 Å². The van der Waals surface area contributed by atoms with E-state index in [1.54, 1.807) is 23.9 Å². The lowest BCUT2D eigenvalue weighted by molar-refractivity contribution is 0.102. The van der Waals surface area contributed by atoms with Crippen molar-refractivity contribution in [2.45, 2.75) is 6.92 Å². The number of anilines is 1. The Morgan fingerprint density at radius 1 is 1.03 bits per heavy atom. The van der Waals surface area contributed by atoms with Crippen molar-refractivity contribution < 1.29 is 4.79 Å². The quantitative estimate of drug-likeness (QED) is 0.390. The first-order chi connectivity index (χ1) is 16.4. The number of fused-ring (bicyclic) bond motifs is 1. The predicted molar refractivity (Wildman–Crippen MR) is 139 cm³/mol. The van der Waals surface area contributed by atoms with Gasteiger partial charge < -0.3 is 20.6 Å². The van der Waals surface area contributed by atoms with Crippen molar-refractivity contribution in [3.63, 3.8) is 0 Å². The monoisotopic (exact) mass is 477 g/mol. The fourth-order valence-corrected chi connectivity index (χ4v) is 4.70. The first-order valence-corrected chi connectivity index (χ1v) is 11.9. The summed E-state index contributed by atoms with van der Waals surface area (Å²) in [4.78, 5) is 45.3. The average Bonchev–Trinajstić information content (AvgIpc) is 2.84. The van der Waals surface area contributed by atoms with Crippen LogP contribution in [0.5, 0.6) is 0 Å². The van der Waals surface area contributed by atoms with Crippen LogP contribution in [-0.2, 0) is 0 Å². The largest absolute Gasteiger partial charge is 0.322 e. The van der Waals surface area contributed by atoms with E-state index in [4.69, 9.17) is 0 Å². The van der Waals surface area contributed by atoms with Gasteiger partial charge in [-0.15, -0.1) is 0 Å². The Kier molecular flexibility index (Phi) is 7.46. The van der Waals surface area contributed by atoms with Gasteiger partial charge in [-0.1, -0.05) is 36.5 Å². The first kappa shape index (κ1) is 23.7. The number of nitrogens with zero attached hydrogens (tertiary/aromatic N) is 1. The van der Waals surface area contributed by atoms with Gasteiger partial charge in [-0.3, -0.25) is 19.3 Å². The Bertz CT molecular complexity index is 1350. The highest BCUT2D eigenvalue weighted by molar-refractivity contribution is 8.11. The summed E-state index contributed by atoms with van der Waals surface area (Å²) in [5.74, 6) is -0.313. The van der Waals surface area contributed by atoms with Crippen LogP contribution in [0.4, 0.5) is 5.69 Å². The number of hydrogen-bond acceptors (Lipinski definition) is 6. The van der Waals surface area contributed by atoms with E-state index in [1.165, 1.54) is 6.07 Å². The van der Waals surface area contributed by atoms with E-state index in [1.807, 2.05) is 31.2 Å². The van der Waals surface area contributed by atoms with Crippen LogP contribution in [0.2, 0.25) is 0 Å². The molecule has 0 spiro atoms. The second-order valence-corrected chi connectivity index (χ2v) is 9.24. The normalized spacial score (nSPS) is 14.8. The number of allylic oxidation sites excluding steroid dienone is 1. The highest BCUT2D eigenvalue weighted by atomic mass is 32.2. The second-order valence-electron chi connectivity index (χ2n) is 8.02. The molecule has 0 bridgehead atoms. The molecule has 0 unspecified atom stereocenters. The Morgan fingerprint density at radius 2 is 1.68 bits per heavy atom. The van der Waals surface area contributed by atoms with Crippen molar-refractivity contribution in [3.05, 3.63) is 91.9 Å². The molecule has 1 aliphatic rings. The maximum absolute atomic E-state index is 12.7. The number of thioether (sulfide) groups is 1. The SMILES string of the molecule is C=C(CN1CCNCC1)S/C(=C\C)c1ccc(NC(=O)c2ccc3[nH]c(=O)c(=O)[nH]c3c2)cc1. The van der Waals surface area contributed by atoms with Crippen molar-refractivity contribution in [2.75, 3.05) is 38.0 Å². The molecule has 2 aromatic carbocycles. The van der Waals surface area contributed by atoms with Crippen molar-refractivity contribution in [2.24, 2.45) is 0 Å². The highest BCUT2D eigenvalue weighted by Crippen LogP contribution is 2.33. The number of amides is 1. The van der Waals surface area contributed by atoms with E-state index in [9.17, 15) is 14.4 Å². The van der Waals surface area contributed by atoms with Gasteiger partial charge in [0.05, 0.1) is 11.0 Å². The van der Waals surface area contributed by atoms with E-state index >= 15 is 0 Å². The number of carbonyl (C=O) groups is 1. The van der Waals surface area contributed by atoms with Crippen LogP contribution in [0.3, 0.4) is 0 Å². The fourth-order valence-electron chi connectivity index (χ4n) is 3.77. The Balaban J connectivity index is 1.40. The van der Waals surface area contributed by atoms with Gasteiger partial charge in [-0.25, -0.2) is 0 Å². The van der Waals surface area contributed by atoms with Crippen molar-refractivity contribution in [3.8, 4) is 0 Å². The summed E-state index contributed by atoms with van der Waals surface area (Å²) in [7, 11) is 0. The summed E-state index contributed by atoms with van der Waals surface area (Å²) >= 11 is 1.67. The minimum atomic E-state index is -0.756. The van der Waals surface area contributed by atoms with Gasteiger partial charge in [-0.2, -0.15) is 0 Å². The summed E-state index contributed by atoms with van der Waals surface area (Å²) in [6.07, 6.45) is 2.07. The van der Waals surface area contributed by atoms with Gasteiger partial charge in [-0.05, 0) is 47.7 Å². The summed E-state index contributed by atoms with van der Waals surface area (Å²) < 4.78 is 0. The number of H-pyrrole nitrogens is 2. The zero-order valence-electron chi connectivity index (χ0n) is 18.9. The number of carbonyl (C=O) groups excluding carboxylic acids is 1. The van der Waals surface area contributed by atoms with Crippen LogP contribution in [0.15, 0.2) is 69.6 Å². The molecule has 1 amide bonds. The highest BCUT2D eigenvalue weighted by Gasteiger charge is 2.13. The molecule has 0 saturated carbocycles. The van der Waals surface area contributed by atoms with Gasteiger partial charge in [0, 0.05) is 48.9 Å². The number of aromatic amines is 2. The molecule has 0 radical (unpaired) electrons. The summed E-state index contributed by atoms with van der Waals surface area (Å²) in [5.41, 5.74) is 1.45. The number of piperazine rings is 1. The van der Waals surface area contributed by atoms with Crippen LogP contribution in [-0.4, -0.2) is 53.5 Å². The lowest BCUT2D eigenvalue weighted by atomic mass is 10.1. The van der Waals surface area contributed by atoms with E-state index < -0.39 is 11.1 Å². The maximum Gasteiger partial charge on any atom is 0.314 e. The zero-order valence-corrected chi connectivity index (χ0v) is 19.8. The number of nitrogens with one attached hydrogen (secondary N) is 4. The minimum Gasteiger partial charge on any atom is -0.322 e. The van der Waals surface area contributed by atoms with Crippen LogP contribution in [0.1, 0.15) is 22.8 Å². The molecule has 4 N–H and O–H groups in total. The molecular weight excluding hydrogens is 450 g/mol. The number of rotatable bonds is 7.